The van der Waals surface area contributed by atoms with Crippen LogP contribution >= 0.6 is 0 Å². The lowest BCUT2D eigenvalue weighted by molar-refractivity contribution is -0.161. The van der Waals surface area contributed by atoms with E-state index in [0.717, 1.165) is 46.6 Å². The number of rotatable bonds is 4. The molecule has 1 fully saturated rings. The molecule has 1 aliphatic rings. The summed E-state index contributed by atoms with van der Waals surface area (Å²) >= 11 is 0. The molecule has 1 saturated heterocycles. The van der Waals surface area contributed by atoms with Gasteiger partial charge in [0.05, 0.1) is 12.7 Å². The number of nitrogens with zero attached hydrogens (tertiary/aromatic N) is 1. The number of fused-ring (bicyclic) bond motifs is 3. The number of furan rings is 1. The van der Waals surface area contributed by atoms with Crippen LogP contribution in [-0.2, 0) is 20.7 Å². The first kappa shape index (κ1) is 19.5. The topological polar surface area (TPSA) is 59.8 Å². The quantitative estimate of drug-likeness (QED) is 0.595. The van der Waals surface area contributed by atoms with Crippen molar-refractivity contribution in [3.8, 4) is 0 Å². The lowest BCUT2D eigenvalue weighted by Gasteiger charge is -2.40. The number of likely N-dealkylation sites (tertiary alicyclic amines) is 1. The average molecular weight is 393 g/mol. The summed E-state index contributed by atoms with van der Waals surface area (Å²) in [5, 5.41) is 3.06. The minimum atomic E-state index is -0.791. The molecule has 3 aromatic rings. The number of carbonyl (C=O) groups excluding carboxylic acids is 2. The minimum absolute atomic E-state index is 0.0731. The molecule has 3 atom stereocenters. The van der Waals surface area contributed by atoms with Gasteiger partial charge < -0.3 is 14.1 Å². The second kappa shape index (κ2) is 7.90. The van der Waals surface area contributed by atoms with Crippen molar-refractivity contribution in [2.45, 2.75) is 64.6 Å². The zero-order valence-electron chi connectivity index (χ0n) is 17.2. The Bertz CT molecular complexity index is 1040. The molecule has 152 valence electrons. The Morgan fingerprint density at radius 2 is 1.86 bits per heavy atom. The summed E-state index contributed by atoms with van der Waals surface area (Å²) in [7, 11) is 0. The third-order valence-corrected chi connectivity index (χ3v) is 5.98. The molecule has 1 aromatic heterocycles. The van der Waals surface area contributed by atoms with Crippen molar-refractivity contribution >= 4 is 33.6 Å². The van der Waals surface area contributed by atoms with Gasteiger partial charge in [-0.25, -0.2) is 0 Å². The molecule has 5 heteroatoms. The van der Waals surface area contributed by atoms with E-state index in [1.165, 1.54) is 0 Å². The van der Waals surface area contributed by atoms with Gasteiger partial charge in [-0.2, -0.15) is 0 Å². The number of esters is 1. The molecule has 0 aliphatic carbocycles. The first-order valence-corrected chi connectivity index (χ1v) is 10.3. The fourth-order valence-corrected chi connectivity index (χ4v) is 4.51. The van der Waals surface area contributed by atoms with E-state index in [1.807, 2.05) is 41.3 Å². The summed E-state index contributed by atoms with van der Waals surface area (Å²) in [6.07, 6.45) is 4.00. The van der Waals surface area contributed by atoms with Crippen molar-refractivity contribution in [2.24, 2.45) is 0 Å². The van der Waals surface area contributed by atoms with Crippen molar-refractivity contribution < 1.29 is 18.7 Å². The van der Waals surface area contributed by atoms with E-state index in [4.69, 9.17) is 9.15 Å². The molecule has 2 heterocycles. The van der Waals surface area contributed by atoms with Crippen LogP contribution in [-0.4, -0.2) is 35.0 Å². The molecule has 0 bridgehead atoms. The third kappa shape index (κ3) is 3.74. The molecule has 0 unspecified atom stereocenters. The second-order valence-electron chi connectivity index (χ2n) is 8.10. The summed E-state index contributed by atoms with van der Waals surface area (Å²) in [5.41, 5.74) is 1.52. The maximum atomic E-state index is 12.9. The van der Waals surface area contributed by atoms with Gasteiger partial charge in [-0.1, -0.05) is 30.3 Å². The minimum Gasteiger partial charge on any atom is -0.464 e. The van der Waals surface area contributed by atoms with E-state index in [1.54, 1.807) is 13.2 Å². The number of ether oxygens (including phenoxy) is 1. The molecule has 5 nitrogen and oxygen atoms in total. The zero-order valence-corrected chi connectivity index (χ0v) is 17.2. The summed E-state index contributed by atoms with van der Waals surface area (Å²) in [5.74, 6) is -0.528. The van der Waals surface area contributed by atoms with Crippen LogP contribution in [0.4, 0.5) is 0 Å². The van der Waals surface area contributed by atoms with Crippen LogP contribution in [0.1, 0.15) is 45.6 Å². The van der Waals surface area contributed by atoms with E-state index in [9.17, 15) is 9.59 Å². The second-order valence-corrected chi connectivity index (χ2v) is 8.10. The van der Waals surface area contributed by atoms with E-state index >= 15 is 0 Å². The van der Waals surface area contributed by atoms with Crippen molar-refractivity contribution in [1.29, 1.82) is 0 Å². The van der Waals surface area contributed by atoms with Crippen LogP contribution in [0.2, 0.25) is 0 Å². The van der Waals surface area contributed by atoms with E-state index in [2.05, 4.69) is 13.8 Å². The Balaban J connectivity index is 1.50. The van der Waals surface area contributed by atoms with Crippen LogP contribution in [0.15, 0.2) is 47.1 Å². The van der Waals surface area contributed by atoms with Crippen molar-refractivity contribution in [3.05, 3.63) is 48.2 Å². The van der Waals surface area contributed by atoms with Gasteiger partial charge >= 0.3 is 5.97 Å². The largest absolute Gasteiger partial charge is 0.464 e. The number of benzene rings is 2. The smallest absolute Gasteiger partial charge is 0.311 e. The molecular formula is C24H27NO4. The summed E-state index contributed by atoms with van der Waals surface area (Å²) in [4.78, 5) is 27.4. The Morgan fingerprint density at radius 1 is 1.14 bits per heavy atom. The van der Waals surface area contributed by atoms with Gasteiger partial charge in [-0.3, -0.25) is 9.59 Å². The van der Waals surface area contributed by atoms with E-state index < -0.39 is 12.1 Å². The van der Waals surface area contributed by atoms with Gasteiger partial charge in [0.15, 0.2) is 6.10 Å². The molecule has 0 radical (unpaired) electrons. The molecule has 1 amide bonds. The molecule has 29 heavy (non-hydrogen) atoms. The molecule has 2 aromatic carbocycles. The van der Waals surface area contributed by atoms with Crippen LogP contribution in [0.25, 0.3) is 21.7 Å². The molecule has 4 rings (SSSR count). The molecule has 0 spiro atoms. The molecule has 1 aliphatic heterocycles. The fourth-order valence-electron chi connectivity index (χ4n) is 4.51. The van der Waals surface area contributed by atoms with Gasteiger partial charge in [-0.05, 0) is 56.9 Å². The van der Waals surface area contributed by atoms with Crippen LogP contribution in [0.5, 0.6) is 0 Å². The highest BCUT2D eigenvalue weighted by Gasteiger charge is 2.33. The number of amides is 1. The highest BCUT2D eigenvalue weighted by atomic mass is 16.5. The maximum absolute atomic E-state index is 12.9. The fraction of sp³-hybridized carbons (Fsp3) is 0.417. The zero-order chi connectivity index (χ0) is 20.5. The van der Waals surface area contributed by atoms with Gasteiger partial charge in [0, 0.05) is 23.0 Å². The first-order chi connectivity index (χ1) is 14.0. The van der Waals surface area contributed by atoms with Gasteiger partial charge in [0.25, 0.3) is 5.91 Å². The van der Waals surface area contributed by atoms with E-state index in [0.29, 0.717) is 0 Å². The Kier molecular flexibility index (Phi) is 5.31. The van der Waals surface area contributed by atoms with Crippen LogP contribution < -0.4 is 0 Å². The van der Waals surface area contributed by atoms with Crippen molar-refractivity contribution in [1.82, 2.24) is 4.90 Å². The summed E-state index contributed by atoms with van der Waals surface area (Å²) in [6.45, 7) is 5.78. The lowest BCUT2D eigenvalue weighted by atomic mass is 9.97. The predicted molar refractivity (Wildman–Crippen MR) is 113 cm³/mol. The van der Waals surface area contributed by atoms with Gasteiger partial charge in [0.2, 0.25) is 0 Å². The van der Waals surface area contributed by atoms with Gasteiger partial charge in [-0.15, -0.1) is 0 Å². The number of carbonyl (C=O) groups is 2. The molecule has 0 N–H and O–H groups in total. The van der Waals surface area contributed by atoms with Crippen molar-refractivity contribution in [3.63, 3.8) is 0 Å². The Morgan fingerprint density at radius 3 is 2.62 bits per heavy atom. The van der Waals surface area contributed by atoms with Gasteiger partial charge in [0.1, 0.15) is 5.58 Å². The number of hydrogen-bond donors (Lipinski definition) is 0. The third-order valence-electron chi connectivity index (χ3n) is 5.98. The SMILES string of the molecule is C[C@@H]1CCC[C@@H](C)N1C(=O)[C@@H](C)OC(=O)Cc1coc2ccc3ccccc3c12. The highest BCUT2D eigenvalue weighted by molar-refractivity contribution is 6.08. The standard InChI is InChI=1S/C24H27NO4/c1-15-7-6-8-16(2)25(15)24(27)17(3)29-22(26)13-19-14-28-21-12-11-18-9-4-5-10-20(18)23(19)21/h4-5,9-12,14-17H,6-8,13H2,1-3H3/t15-,16-,17-/m1/s1. The number of hydrogen-bond acceptors (Lipinski definition) is 4. The highest BCUT2D eigenvalue weighted by Crippen LogP contribution is 2.30. The van der Waals surface area contributed by atoms with Crippen molar-refractivity contribution in [2.75, 3.05) is 0 Å². The number of piperidine rings is 1. The summed E-state index contributed by atoms with van der Waals surface area (Å²) in [6, 6.07) is 12.3. The lowest BCUT2D eigenvalue weighted by Crippen LogP contribution is -2.51. The Labute approximate surface area is 170 Å². The summed E-state index contributed by atoms with van der Waals surface area (Å²) < 4.78 is 11.2. The molecule has 0 saturated carbocycles. The normalized spacial score (nSPS) is 20.7. The monoisotopic (exact) mass is 393 g/mol. The average Bonchev–Trinajstić information content (AvgIpc) is 3.10. The van der Waals surface area contributed by atoms with E-state index in [-0.39, 0.29) is 24.4 Å². The first-order valence-electron chi connectivity index (χ1n) is 10.3. The predicted octanol–water partition coefficient (Wildman–Crippen LogP) is 4.85. The van der Waals surface area contributed by atoms with Crippen LogP contribution in [0, 0.1) is 0 Å². The van der Waals surface area contributed by atoms with Crippen LogP contribution in [0.3, 0.4) is 0 Å². The maximum Gasteiger partial charge on any atom is 0.311 e. The molecular weight excluding hydrogens is 366 g/mol. The Hall–Kier alpha value is -2.82.